The smallest absolute Gasteiger partial charge is 0.318 e. The van der Waals surface area contributed by atoms with Gasteiger partial charge in [0.05, 0.1) is 6.04 Å². The molecule has 0 spiro atoms. The lowest BCUT2D eigenvalue weighted by atomic mass is 10.0. The third kappa shape index (κ3) is 2.96. The largest absolute Gasteiger partial charge is 0.328 e. The van der Waals surface area contributed by atoms with Gasteiger partial charge in [-0.3, -0.25) is 0 Å². The van der Waals surface area contributed by atoms with E-state index in [0.717, 1.165) is 50.5 Å². The molecule has 6 heteroatoms. The Kier molecular flexibility index (Phi) is 4.36. The minimum Gasteiger partial charge on any atom is -0.328 e. The van der Waals surface area contributed by atoms with Crippen molar-refractivity contribution in [1.82, 2.24) is 25.0 Å². The summed E-state index contributed by atoms with van der Waals surface area (Å²) in [5, 5.41) is 11.8. The summed E-state index contributed by atoms with van der Waals surface area (Å²) in [5.74, 6) is 2.86. The van der Waals surface area contributed by atoms with Crippen molar-refractivity contribution in [2.24, 2.45) is 11.8 Å². The molecule has 2 unspecified atom stereocenters. The molecule has 1 fully saturated rings. The maximum atomic E-state index is 12.6. The molecule has 2 amide bonds. The van der Waals surface area contributed by atoms with E-state index < -0.39 is 0 Å². The molecule has 1 aromatic rings. The van der Waals surface area contributed by atoms with Gasteiger partial charge in [-0.15, -0.1) is 10.2 Å². The highest BCUT2D eigenvalue weighted by Gasteiger charge is 2.30. The third-order valence-corrected chi connectivity index (χ3v) is 4.81. The van der Waals surface area contributed by atoms with Gasteiger partial charge in [0.15, 0.2) is 5.82 Å². The van der Waals surface area contributed by atoms with Crippen molar-refractivity contribution in [3.8, 4) is 0 Å². The lowest BCUT2D eigenvalue weighted by Crippen LogP contribution is -2.47. The summed E-state index contributed by atoms with van der Waals surface area (Å²) >= 11 is 0. The fraction of sp³-hybridized carbons (Fsp3) is 0.812. The second kappa shape index (κ2) is 6.26. The Morgan fingerprint density at radius 1 is 1.27 bits per heavy atom. The standard InChI is InChI=1S/C16H27N5O/c1-11(2)14(15-19-18-13-7-5-9-21(13)15)17-16(22)20-8-4-6-12(3)10-20/h11-12,14H,4-10H2,1-3H3,(H,17,22). The summed E-state index contributed by atoms with van der Waals surface area (Å²) in [6.45, 7) is 9.15. The minimum absolute atomic E-state index is 0.0422. The summed E-state index contributed by atoms with van der Waals surface area (Å²) in [6.07, 6.45) is 4.44. The molecule has 1 N–H and O–H groups in total. The second-order valence-electron chi connectivity index (χ2n) is 7.09. The SMILES string of the molecule is CC1CCCN(C(=O)NC(c2nnc3n2CCC3)C(C)C)C1. The van der Waals surface area contributed by atoms with Gasteiger partial charge >= 0.3 is 6.03 Å². The summed E-state index contributed by atoms with van der Waals surface area (Å²) in [5.41, 5.74) is 0. The number of hydrogen-bond donors (Lipinski definition) is 1. The average Bonchev–Trinajstić information content (AvgIpc) is 3.07. The minimum atomic E-state index is -0.0657. The molecule has 0 saturated carbocycles. The third-order valence-electron chi connectivity index (χ3n) is 4.81. The first-order valence-corrected chi connectivity index (χ1v) is 8.53. The maximum absolute atomic E-state index is 12.6. The topological polar surface area (TPSA) is 63.1 Å². The van der Waals surface area contributed by atoms with Crippen molar-refractivity contribution in [2.45, 2.75) is 59.0 Å². The first kappa shape index (κ1) is 15.3. The number of fused-ring (bicyclic) bond motifs is 1. The lowest BCUT2D eigenvalue weighted by molar-refractivity contribution is 0.162. The number of rotatable bonds is 3. The summed E-state index contributed by atoms with van der Waals surface area (Å²) in [6, 6.07) is -0.0234. The van der Waals surface area contributed by atoms with E-state index >= 15 is 0 Å². The number of aryl methyl sites for hydroxylation is 1. The molecule has 122 valence electrons. The fourth-order valence-corrected chi connectivity index (χ4v) is 3.53. The molecule has 3 heterocycles. The van der Waals surface area contributed by atoms with Gasteiger partial charge in [0.1, 0.15) is 5.82 Å². The molecular formula is C16H27N5O. The van der Waals surface area contributed by atoms with Gasteiger partial charge in [0, 0.05) is 26.1 Å². The first-order valence-electron chi connectivity index (χ1n) is 8.53. The summed E-state index contributed by atoms with van der Waals surface area (Å²) in [4.78, 5) is 14.6. The number of urea groups is 1. The van der Waals surface area contributed by atoms with Gasteiger partial charge in [-0.2, -0.15) is 0 Å². The predicted octanol–water partition coefficient (Wildman–Crippen LogP) is 2.36. The molecule has 0 aromatic carbocycles. The Labute approximate surface area is 132 Å². The molecule has 2 aliphatic rings. The maximum Gasteiger partial charge on any atom is 0.318 e. The van der Waals surface area contributed by atoms with E-state index in [1.54, 1.807) is 0 Å². The number of nitrogens with one attached hydrogen (secondary N) is 1. The zero-order valence-electron chi connectivity index (χ0n) is 13.9. The molecule has 0 aliphatic carbocycles. The van der Waals surface area contributed by atoms with Gasteiger partial charge in [0.25, 0.3) is 0 Å². The van der Waals surface area contributed by atoms with Gasteiger partial charge in [-0.05, 0) is 31.1 Å². The Balaban J connectivity index is 1.73. The van der Waals surface area contributed by atoms with Crippen LogP contribution in [0, 0.1) is 11.8 Å². The normalized spacial score (nSPS) is 22.7. The van der Waals surface area contributed by atoms with E-state index in [1.165, 1.54) is 6.42 Å². The van der Waals surface area contributed by atoms with Crippen molar-refractivity contribution in [3.05, 3.63) is 11.6 Å². The highest BCUT2D eigenvalue weighted by Crippen LogP contribution is 2.25. The van der Waals surface area contributed by atoms with Crippen LogP contribution in [0.2, 0.25) is 0 Å². The van der Waals surface area contributed by atoms with Crippen LogP contribution in [-0.4, -0.2) is 38.8 Å². The van der Waals surface area contributed by atoms with E-state index in [9.17, 15) is 4.79 Å². The van der Waals surface area contributed by atoms with Crippen LogP contribution in [0.3, 0.4) is 0 Å². The van der Waals surface area contributed by atoms with E-state index in [-0.39, 0.29) is 12.1 Å². The molecule has 2 atom stereocenters. The highest BCUT2D eigenvalue weighted by molar-refractivity contribution is 5.74. The van der Waals surface area contributed by atoms with Crippen molar-refractivity contribution >= 4 is 6.03 Å². The lowest BCUT2D eigenvalue weighted by Gasteiger charge is -2.33. The fourth-order valence-electron chi connectivity index (χ4n) is 3.53. The number of carbonyl (C=O) groups is 1. The molecule has 0 bridgehead atoms. The number of carbonyl (C=O) groups excluding carboxylic acids is 1. The van der Waals surface area contributed by atoms with Crippen molar-refractivity contribution in [1.29, 1.82) is 0 Å². The predicted molar refractivity (Wildman–Crippen MR) is 84.4 cm³/mol. The van der Waals surface area contributed by atoms with Crippen LogP contribution in [0.1, 0.15) is 57.7 Å². The molecule has 3 rings (SSSR count). The molecule has 1 saturated heterocycles. The van der Waals surface area contributed by atoms with Gasteiger partial charge in [-0.1, -0.05) is 20.8 Å². The first-order chi connectivity index (χ1) is 10.6. The van der Waals surface area contributed by atoms with E-state index in [4.69, 9.17) is 0 Å². The Morgan fingerprint density at radius 2 is 2.09 bits per heavy atom. The van der Waals surface area contributed by atoms with E-state index in [2.05, 4.69) is 40.9 Å². The number of piperidine rings is 1. The van der Waals surface area contributed by atoms with Crippen molar-refractivity contribution in [3.63, 3.8) is 0 Å². The Hall–Kier alpha value is -1.59. The monoisotopic (exact) mass is 305 g/mol. The summed E-state index contributed by atoms with van der Waals surface area (Å²) < 4.78 is 2.18. The molecule has 2 aliphatic heterocycles. The number of hydrogen-bond acceptors (Lipinski definition) is 3. The number of aromatic nitrogens is 3. The second-order valence-corrected chi connectivity index (χ2v) is 7.09. The average molecular weight is 305 g/mol. The molecule has 22 heavy (non-hydrogen) atoms. The molecule has 0 radical (unpaired) electrons. The van der Waals surface area contributed by atoms with Gasteiger partial charge in [-0.25, -0.2) is 4.79 Å². The van der Waals surface area contributed by atoms with Crippen molar-refractivity contribution in [2.75, 3.05) is 13.1 Å². The van der Waals surface area contributed by atoms with Crippen LogP contribution < -0.4 is 5.32 Å². The molecular weight excluding hydrogens is 278 g/mol. The quantitative estimate of drug-likeness (QED) is 0.932. The van der Waals surface area contributed by atoms with E-state index in [0.29, 0.717) is 11.8 Å². The van der Waals surface area contributed by atoms with Crippen LogP contribution in [0.5, 0.6) is 0 Å². The van der Waals surface area contributed by atoms with Crippen molar-refractivity contribution < 1.29 is 4.79 Å². The molecule has 1 aromatic heterocycles. The van der Waals surface area contributed by atoms with E-state index in [1.807, 2.05) is 4.90 Å². The Morgan fingerprint density at radius 3 is 2.82 bits per heavy atom. The number of amides is 2. The van der Waals surface area contributed by atoms with Crippen LogP contribution in [0.15, 0.2) is 0 Å². The highest BCUT2D eigenvalue weighted by atomic mass is 16.2. The Bertz CT molecular complexity index is 539. The zero-order chi connectivity index (χ0) is 15.7. The van der Waals surface area contributed by atoms with Crippen LogP contribution in [0.25, 0.3) is 0 Å². The summed E-state index contributed by atoms with van der Waals surface area (Å²) in [7, 11) is 0. The van der Waals surface area contributed by atoms with Crippen LogP contribution in [0.4, 0.5) is 4.79 Å². The van der Waals surface area contributed by atoms with Crippen LogP contribution in [-0.2, 0) is 13.0 Å². The zero-order valence-corrected chi connectivity index (χ0v) is 13.9. The van der Waals surface area contributed by atoms with Gasteiger partial charge in [0.2, 0.25) is 0 Å². The van der Waals surface area contributed by atoms with Gasteiger partial charge < -0.3 is 14.8 Å². The van der Waals surface area contributed by atoms with Crippen LogP contribution >= 0.6 is 0 Å². The number of nitrogens with zero attached hydrogens (tertiary/aromatic N) is 4. The number of likely N-dealkylation sites (tertiary alicyclic amines) is 1. The molecule has 6 nitrogen and oxygen atoms in total.